The van der Waals surface area contributed by atoms with Crippen LogP contribution >= 0.6 is 0 Å². The van der Waals surface area contributed by atoms with E-state index in [2.05, 4.69) is 17.4 Å². The van der Waals surface area contributed by atoms with Gasteiger partial charge in [-0.1, -0.05) is 31.2 Å². The maximum absolute atomic E-state index is 14.8. The van der Waals surface area contributed by atoms with Crippen LogP contribution in [0.2, 0.25) is 0 Å². The summed E-state index contributed by atoms with van der Waals surface area (Å²) in [5.74, 6) is -2.58. The van der Waals surface area contributed by atoms with Crippen LogP contribution in [0.3, 0.4) is 0 Å². The van der Waals surface area contributed by atoms with Crippen molar-refractivity contribution in [2.45, 2.75) is 97.1 Å². The zero-order valence-electron chi connectivity index (χ0n) is 38.5. The minimum absolute atomic E-state index is 0.0291. The fourth-order valence-electron chi connectivity index (χ4n) is 9.09. The summed E-state index contributed by atoms with van der Waals surface area (Å²) in [7, 11) is 1.51. The lowest BCUT2D eigenvalue weighted by Crippen LogP contribution is -2.46. The average Bonchev–Trinajstić information content (AvgIpc) is 3.30. The van der Waals surface area contributed by atoms with Gasteiger partial charge in [-0.05, 0) is 112 Å². The van der Waals surface area contributed by atoms with Gasteiger partial charge in [0, 0.05) is 74.3 Å². The van der Waals surface area contributed by atoms with Gasteiger partial charge in [0.15, 0.2) is 23.2 Å². The third kappa shape index (κ3) is 11.5. The predicted octanol–water partition coefficient (Wildman–Crippen LogP) is 5.23. The number of rotatable bonds is 17. The van der Waals surface area contributed by atoms with Crippen molar-refractivity contribution in [2.24, 2.45) is 29.0 Å². The van der Waals surface area contributed by atoms with Crippen molar-refractivity contribution in [1.29, 1.82) is 5.26 Å². The number of aryl methyl sites for hydroxylation is 4. The number of aromatic nitrogens is 2. The molecule has 0 fully saturated rings. The standard InChI is InChI=1S/C51H62N8O7/c1-30-24-44(62)48(59(4)51(64)38(17-19-53)29-43(61)47-31(2)56-49(57-32(47)3)37-13-12-34-8-5-6-9-35(34)27-37)36-14-16-46(66-23-21-55)40(28-36)39-25-33(11-15-45(39)65-22-20-54)26-41(58-50(30)63)42(60)10-7-18-52/h11-16,25,27-28,30,38,41,48H,5-10,17,19-24,26,29,53-55H2,1-4H3,(H,58,63)/t30-,38-,41+,48+/m1/s1. The van der Waals surface area contributed by atoms with Crippen LogP contribution in [-0.4, -0.2) is 90.0 Å². The van der Waals surface area contributed by atoms with Gasteiger partial charge in [0.1, 0.15) is 30.8 Å². The molecule has 2 aliphatic rings. The number of hydrogen-bond donors (Lipinski definition) is 4. The minimum atomic E-state index is -1.24. The van der Waals surface area contributed by atoms with Crippen LogP contribution in [0.5, 0.6) is 11.5 Å². The first kappa shape index (κ1) is 49.1. The van der Waals surface area contributed by atoms with Crippen molar-refractivity contribution in [2.75, 3.05) is 39.9 Å². The molecule has 0 radical (unpaired) electrons. The van der Waals surface area contributed by atoms with Crippen molar-refractivity contribution >= 4 is 29.2 Å². The topological polar surface area (TPSA) is 247 Å². The van der Waals surface area contributed by atoms with Gasteiger partial charge in [-0.15, -0.1) is 0 Å². The van der Waals surface area contributed by atoms with E-state index >= 15 is 0 Å². The van der Waals surface area contributed by atoms with Crippen molar-refractivity contribution in [1.82, 2.24) is 20.2 Å². The molecule has 0 unspecified atom stereocenters. The van der Waals surface area contributed by atoms with Gasteiger partial charge in [0.05, 0.1) is 29.1 Å². The molecule has 1 aliphatic heterocycles. The normalized spacial score (nSPS) is 17.6. The van der Waals surface area contributed by atoms with E-state index in [0.29, 0.717) is 56.5 Å². The van der Waals surface area contributed by atoms with Crippen molar-refractivity contribution in [3.05, 3.63) is 93.8 Å². The summed E-state index contributed by atoms with van der Waals surface area (Å²) < 4.78 is 12.3. The Balaban J connectivity index is 1.39. The Bertz CT molecular complexity index is 2480. The Labute approximate surface area is 386 Å². The highest BCUT2D eigenvalue weighted by molar-refractivity contribution is 6.01. The maximum atomic E-state index is 14.8. The first-order valence-electron chi connectivity index (χ1n) is 22.9. The number of likely N-dealkylation sites (N-methyl/N-ethyl adjacent to an activating group) is 1. The number of nitriles is 1. The number of hydrogen-bond acceptors (Lipinski definition) is 13. The van der Waals surface area contributed by atoms with Gasteiger partial charge in [-0.25, -0.2) is 9.97 Å². The van der Waals surface area contributed by atoms with Gasteiger partial charge < -0.3 is 36.9 Å². The second-order valence-corrected chi connectivity index (χ2v) is 17.4. The third-order valence-corrected chi connectivity index (χ3v) is 12.5. The Kier molecular flexibility index (Phi) is 16.9. The Hall–Kier alpha value is -6.34. The Morgan fingerprint density at radius 1 is 0.864 bits per heavy atom. The smallest absolute Gasteiger partial charge is 0.226 e. The summed E-state index contributed by atoms with van der Waals surface area (Å²) in [4.78, 5) is 82.1. The number of ketones is 3. The van der Waals surface area contributed by atoms with Crippen LogP contribution < -0.4 is 32.0 Å². The Morgan fingerprint density at radius 2 is 1.52 bits per heavy atom. The molecule has 7 N–H and O–H groups in total. The number of amides is 2. The molecule has 4 aromatic rings. The highest BCUT2D eigenvalue weighted by Gasteiger charge is 2.36. The molecule has 3 aromatic carbocycles. The molecule has 2 heterocycles. The molecule has 0 saturated heterocycles. The number of nitrogens with one attached hydrogen (secondary N) is 1. The van der Waals surface area contributed by atoms with Crippen LogP contribution in [0.4, 0.5) is 0 Å². The van der Waals surface area contributed by atoms with E-state index in [4.69, 9.17) is 36.6 Å². The molecule has 1 aromatic heterocycles. The SMILES string of the molecule is Cc1nc(-c2ccc3c(c2)CCCC3)nc(C)c1C(=O)C[C@@H](CCN)C(=O)N(C)[C@@H]1C(=O)C[C@@H](C)C(=O)N[C@H](C(=O)CCC#N)Cc2ccc(OCCN)c(c2)-c2cc1ccc2OCCN. The lowest BCUT2D eigenvalue weighted by atomic mass is 9.88. The van der Waals surface area contributed by atoms with Crippen LogP contribution in [0.1, 0.15) is 102 Å². The number of benzene rings is 3. The number of nitrogens with zero attached hydrogens (tertiary/aromatic N) is 4. The summed E-state index contributed by atoms with van der Waals surface area (Å²) in [6.07, 6.45) is 4.01. The summed E-state index contributed by atoms with van der Waals surface area (Å²) in [5.41, 5.74) is 24.8. The maximum Gasteiger partial charge on any atom is 0.226 e. The Morgan fingerprint density at radius 3 is 2.17 bits per heavy atom. The minimum Gasteiger partial charge on any atom is -0.492 e. The van der Waals surface area contributed by atoms with Gasteiger partial charge >= 0.3 is 0 Å². The molecule has 66 heavy (non-hydrogen) atoms. The van der Waals surface area contributed by atoms with Crippen LogP contribution in [-0.2, 0) is 38.4 Å². The third-order valence-electron chi connectivity index (χ3n) is 12.5. The van der Waals surface area contributed by atoms with Gasteiger partial charge in [-0.2, -0.15) is 5.26 Å². The van der Waals surface area contributed by atoms with Crippen LogP contribution in [0.15, 0.2) is 54.6 Å². The zero-order valence-corrected chi connectivity index (χ0v) is 38.5. The first-order chi connectivity index (χ1) is 31.8. The monoisotopic (exact) mass is 898 g/mol. The molecule has 15 heteroatoms. The molecular formula is C51H62N8O7. The summed E-state index contributed by atoms with van der Waals surface area (Å²) in [6.45, 7) is 6.00. The van der Waals surface area contributed by atoms with Gasteiger partial charge in [-0.3, -0.25) is 24.0 Å². The summed E-state index contributed by atoms with van der Waals surface area (Å²) in [5, 5.41) is 12.1. The number of carbonyl (C=O) groups excluding carboxylic acids is 5. The number of carbonyl (C=O) groups is 5. The molecule has 4 bridgehead atoms. The number of nitrogens with two attached hydrogens (primary N) is 3. The molecule has 348 valence electrons. The summed E-state index contributed by atoms with van der Waals surface area (Å²) >= 11 is 0. The summed E-state index contributed by atoms with van der Waals surface area (Å²) in [6, 6.07) is 16.6. The molecule has 15 nitrogen and oxygen atoms in total. The van der Waals surface area contributed by atoms with E-state index in [1.54, 1.807) is 51.1 Å². The van der Waals surface area contributed by atoms with E-state index in [1.165, 1.54) is 29.5 Å². The van der Waals surface area contributed by atoms with E-state index in [9.17, 15) is 29.2 Å². The van der Waals surface area contributed by atoms with Crippen molar-refractivity contribution in [3.63, 3.8) is 0 Å². The fourth-order valence-corrected chi connectivity index (χ4v) is 9.09. The lowest BCUT2D eigenvalue weighted by Gasteiger charge is -2.32. The largest absolute Gasteiger partial charge is 0.492 e. The van der Waals surface area contributed by atoms with Crippen molar-refractivity contribution < 1.29 is 33.4 Å². The number of fused-ring (bicyclic) bond motifs is 6. The highest BCUT2D eigenvalue weighted by atomic mass is 16.5. The quantitative estimate of drug-likeness (QED) is 0.0994. The fraction of sp³-hybridized carbons (Fsp3) is 0.451. The first-order valence-corrected chi connectivity index (χ1v) is 22.9. The van der Waals surface area contributed by atoms with Gasteiger partial charge in [0.2, 0.25) is 11.8 Å². The highest BCUT2D eigenvalue weighted by Crippen LogP contribution is 2.41. The van der Waals surface area contributed by atoms with E-state index in [-0.39, 0.29) is 82.9 Å². The van der Waals surface area contributed by atoms with E-state index < -0.39 is 41.5 Å². The second-order valence-electron chi connectivity index (χ2n) is 17.4. The predicted molar refractivity (Wildman–Crippen MR) is 250 cm³/mol. The zero-order chi connectivity index (χ0) is 47.5. The lowest BCUT2D eigenvalue weighted by molar-refractivity contribution is -0.142. The number of Topliss-reactive ketones (excluding diaryl/α,β-unsaturated/α-hetero) is 3. The molecule has 1 aliphatic carbocycles. The molecule has 0 saturated carbocycles. The average molecular weight is 899 g/mol. The second kappa shape index (κ2) is 22.7. The number of ether oxygens (including phenoxy) is 2. The molecule has 6 rings (SSSR count). The molecule has 2 amide bonds. The molecule has 0 spiro atoms. The van der Waals surface area contributed by atoms with Crippen molar-refractivity contribution in [3.8, 4) is 40.1 Å². The molecule has 4 atom stereocenters. The molecular weight excluding hydrogens is 837 g/mol. The van der Waals surface area contributed by atoms with Gasteiger partial charge in [0.25, 0.3) is 0 Å². The van der Waals surface area contributed by atoms with E-state index in [1.807, 2.05) is 18.2 Å². The van der Waals surface area contributed by atoms with E-state index in [0.717, 1.165) is 24.8 Å². The van der Waals surface area contributed by atoms with Crippen LogP contribution in [0, 0.1) is 37.0 Å². The van der Waals surface area contributed by atoms with Crippen LogP contribution in [0.25, 0.3) is 22.5 Å².